The summed E-state index contributed by atoms with van der Waals surface area (Å²) < 4.78 is 3.58. The highest BCUT2D eigenvalue weighted by Gasteiger charge is 2.32. The molecule has 2 rings (SSSR count). The Bertz CT molecular complexity index is 411. The van der Waals surface area contributed by atoms with Crippen LogP contribution in [0.2, 0.25) is 0 Å². The van der Waals surface area contributed by atoms with Gasteiger partial charge in [0.2, 0.25) is 0 Å². The summed E-state index contributed by atoms with van der Waals surface area (Å²) >= 11 is 5.65. The summed E-state index contributed by atoms with van der Waals surface area (Å²) in [5.74, 6) is 0. The summed E-state index contributed by atoms with van der Waals surface area (Å²) in [4.78, 5) is 0. The minimum atomic E-state index is 0.472. The van der Waals surface area contributed by atoms with E-state index < -0.39 is 0 Å². The van der Waals surface area contributed by atoms with E-state index in [0.717, 1.165) is 23.3 Å². The lowest BCUT2D eigenvalue weighted by Crippen LogP contribution is -2.35. The molecule has 5 heteroatoms. The van der Waals surface area contributed by atoms with Crippen molar-refractivity contribution in [1.82, 2.24) is 15.1 Å². The monoisotopic (exact) mass is 331 g/mol. The molecular formula is C13H22BrN3S. The van der Waals surface area contributed by atoms with Gasteiger partial charge in [-0.15, -0.1) is 0 Å². The maximum Gasteiger partial charge on any atom is 0.0739 e. The van der Waals surface area contributed by atoms with Crippen LogP contribution in [0, 0.1) is 6.92 Å². The van der Waals surface area contributed by atoms with Gasteiger partial charge in [-0.3, -0.25) is 4.68 Å². The van der Waals surface area contributed by atoms with E-state index in [4.69, 9.17) is 0 Å². The van der Waals surface area contributed by atoms with Crippen LogP contribution in [0.15, 0.2) is 4.47 Å². The largest absolute Gasteiger partial charge is 0.310 e. The number of nitrogens with zero attached hydrogens (tertiary/aromatic N) is 2. The first-order valence-electron chi connectivity index (χ1n) is 6.52. The average Bonchev–Trinajstić information content (AvgIpc) is 2.91. The van der Waals surface area contributed by atoms with Gasteiger partial charge in [0.1, 0.15) is 0 Å². The molecule has 0 saturated heterocycles. The van der Waals surface area contributed by atoms with Crippen molar-refractivity contribution in [3.8, 4) is 0 Å². The first kappa shape index (κ1) is 14.4. The number of hydrogen-bond donors (Lipinski definition) is 1. The molecular weight excluding hydrogens is 310 g/mol. The van der Waals surface area contributed by atoms with Crippen LogP contribution in [0.25, 0.3) is 0 Å². The molecule has 0 aromatic carbocycles. The molecule has 1 N–H and O–H groups in total. The summed E-state index contributed by atoms with van der Waals surface area (Å²) in [6.07, 6.45) is 7.73. The highest BCUT2D eigenvalue weighted by atomic mass is 79.9. The van der Waals surface area contributed by atoms with E-state index in [9.17, 15) is 0 Å². The minimum Gasteiger partial charge on any atom is -0.310 e. The fourth-order valence-electron chi connectivity index (χ4n) is 2.75. The molecule has 1 heterocycles. The number of rotatable bonds is 5. The first-order chi connectivity index (χ1) is 8.58. The van der Waals surface area contributed by atoms with Gasteiger partial charge in [0, 0.05) is 24.9 Å². The third-order valence-corrected chi connectivity index (χ3v) is 6.40. The molecule has 1 aliphatic carbocycles. The van der Waals surface area contributed by atoms with Gasteiger partial charge in [0.25, 0.3) is 0 Å². The van der Waals surface area contributed by atoms with Gasteiger partial charge < -0.3 is 5.32 Å². The van der Waals surface area contributed by atoms with E-state index >= 15 is 0 Å². The van der Waals surface area contributed by atoms with Crippen LogP contribution >= 0.6 is 27.7 Å². The molecule has 0 unspecified atom stereocenters. The van der Waals surface area contributed by atoms with E-state index in [2.05, 4.69) is 32.6 Å². The van der Waals surface area contributed by atoms with Gasteiger partial charge in [-0.25, -0.2) is 0 Å². The third kappa shape index (κ3) is 2.94. The Balaban J connectivity index is 1.92. The minimum absolute atomic E-state index is 0.472. The molecule has 1 fully saturated rings. The summed E-state index contributed by atoms with van der Waals surface area (Å²) in [5, 5.41) is 8.04. The van der Waals surface area contributed by atoms with E-state index in [1.54, 1.807) is 0 Å². The van der Waals surface area contributed by atoms with Crippen LogP contribution in [0.1, 0.15) is 37.1 Å². The number of thioether (sulfide) groups is 1. The van der Waals surface area contributed by atoms with Crippen molar-refractivity contribution in [3.63, 3.8) is 0 Å². The molecule has 0 atom stereocenters. The van der Waals surface area contributed by atoms with Crippen molar-refractivity contribution < 1.29 is 0 Å². The smallest absolute Gasteiger partial charge is 0.0739 e. The van der Waals surface area contributed by atoms with Crippen molar-refractivity contribution in [3.05, 3.63) is 15.9 Å². The Labute approximate surface area is 122 Å². The van der Waals surface area contributed by atoms with Crippen LogP contribution in [-0.4, -0.2) is 27.3 Å². The fourth-order valence-corrected chi connectivity index (χ4v) is 4.17. The quantitative estimate of drug-likeness (QED) is 0.898. The van der Waals surface area contributed by atoms with Crippen LogP contribution in [0.4, 0.5) is 0 Å². The van der Waals surface area contributed by atoms with E-state index in [0.29, 0.717) is 4.75 Å². The number of aryl methyl sites for hydroxylation is 2. The van der Waals surface area contributed by atoms with Crippen molar-refractivity contribution in [2.75, 3.05) is 12.8 Å². The molecule has 0 amide bonds. The summed E-state index contributed by atoms with van der Waals surface area (Å²) in [6.45, 7) is 4.03. The highest BCUT2D eigenvalue weighted by molar-refractivity contribution is 9.10. The summed E-state index contributed by atoms with van der Waals surface area (Å²) in [6, 6.07) is 0. The fraction of sp³-hybridized carbons (Fsp3) is 0.769. The molecule has 3 nitrogen and oxygen atoms in total. The number of halogens is 1. The maximum absolute atomic E-state index is 4.42. The third-order valence-electron chi connectivity index (χ3n) is 3.95. The molecule has 1 saturated carbocycles. The highest BCUT2D eigenvalue weighted by Crippen LogP contribution is 2.39. The Kier molecular flexibility index (Phi) is 4.78. The molecule has 0 radical (unpaired) electrons. The molecule has 1 aliphatic rings. The first-order valence-corrected chi connectivity index (χ1v) is 8.53. The van der Waals surface area contributed by atoms with Gasteiger partial charge in [-0.2, -0.15) is 16.9 Å². The lowest BCUT2D eigenvalue weighted by molar-refractivity contribution is 0.521. The van der Waals surface area contributed by atoms with Gasteiger partial charge in [0.15, 0.2) is 0 Å². The summed E-state index contributed by atoms with van der Waals surface area (Å²) in [7, 11) is 2.01. The van der Waals surface area contributed by atoms with Gasteiger partial charge in [-0.05, 0) is 42.0 Å². The molecule has 1 aromatic rings. The standard InChI is InChI=1S/C13H22BrN3S/c1-10-12(14)11(17(2)16-10)8-15-9-13(18-3)6-4-5-7-13/h15H,4-9H2,1-3H3. The zero-order valence-corrected chi connectivity index (χ0v) is 13.8. The Hall–Kier alpha value is 0. The van der Waals surface area contributed by atoms with E-state index in [1.807, 2.05) is 30.4 Å². The average molecular weight is 332 g/mol. The number of hydrogen-bond acceptors (Lipinski definition) is 3. The Morgan fingerprint density at radius 3 is 2.61 bits per heavy atom. The van der Waals surface area contributed by atoms with Crippen LogP contribution in [-0.2, 0) is 13.6 Å². The Morgan fingerprint density at radius 1 is 1.44 bits per heavy atom. The molecule has 102 valence electrons. The topological polar surface area (TPSA) is 29.9 Å². The maximum atomic E-state index is 4.42. The normalized spacial score (nSPS) is 18.4. The zero-order chi connectivity index (χ0) is 13.2. The molecule has 0 bridgehead atoms. The van der Waals surface area contributed by atoms with Crippen LogP contribution in [0.5, 0.6) is 0 Å². The molecule has 0 aliphatic heterocycles. The second-order valence-corrected chi connectivity index (χ2v) is 7.23. The lowest BCUT2D eigenvalue weighted by atomic mass is 10.1. The Morgan fingerprint density at radius 2 is 2.11 bits per heavy atom. The van der Waals surface area contributed by atoms with E-state index in [-0.39, 0.29) is 0 Å². The van der Waals surface area contributed by atoms with Gasteiger partial charge >= 0.3 is 0 Å². The predicted octanol–water partition coefficient (Wildman–Crippen LogP) is 3.26. The van der Waals surface area contributed by atoms with Crippen LogP contribution < -0.4 is 5.32 Å². The van der Waals surface area contributed by atoms with E-state index in [1.165, 1.54) is 31.4 Å². The molecule has 18 heavy (non-hydrogen) atoms. The van der Waals surface area contributed by atoms with Crippen molar-refractivity contribution in [2.24, 2.45) is 7.05 Å². The van der Waals surface area contributed by atoms with Crippen LogP contribution in [0.3, 0.4) is 0 Å². The SMILES string of the molecule is CSC1(CNCc2c(Br)c(C)nn2C)CCCC1. The second-order valence-electron chi connectivity index (χ2n) is 5.17. The zero-order valence-electron chi connectivity index (χ0n) is 11.4. The van der Waals surface area contributed by atoms with Crippen molar-refractivity contribution in [1.29, 1.82) is 0 Å². The van der Waals surface area contributed by atoms with Crippen molar-refractivity contribution in [2.45, 2.75) is 43.9 Å². The predicted molar refractivity (Wildman–Crippen MR) is 82.1 cm³/mol. The van der Waals surface area contributed by atoms with Gasteiger partial charge in [-0.1, -0.05) is 12.8 Å². The van der Waals surface area contributed by atoms with Gasteiger partial charge in [0.05, 0.1) is 15.9 Å². The van der Waals surface area contributed by atoms with Crippen molar-refractivity contribution >= 4 is 27.7 Å². The number of nitrogens with one attached hydrogen (secondary N) is 1. The summed E-state index contributed by atoms with van der Waals surface area (Å²) in [5.41, 5.74) is 2.30. The molecule has 0 spiro atoms. The molecule has 1 aromatic heterocycles. The lowest BCUT2D eigenvalue weighted by Gasteiger charge is -2.27. The number of aromatic nitrogens is 2. The second kappa shape index (κ2) is 5.97.